The van der Waals surface area contributed by atoms with Crippen LogP contribution >= 0.6 is 0 Å². The molecule has 1 saturated carbocycles. The summed E-state index contributed by atoms with van der Waals surface area (Å²) in [6, 6.07) is 6.43. The van der Waals surface area contributed by atoms with Crippen LogP contribution in [0.4, 0.5) is 5.69 Å². The molecule has 2 aliphatic carbocycles. The summed E-state index contributed by atoms with van der Waals surface area (Å²) in [6.45, 7) is 5.09. The number of nitrogens with zero attached hydrogens (tertiary/aromatic N) is 1. The quantitative estimate of drug-likeness (QED) is 0.282. The highest BCUT2D eigenvalue weighted by atomic mass is 16.5. The van der Waals surface area contributed by atoms with Crippen molar-refractivity contribution >= 4 is 23.5 Å². The molecule has 0 spiro atoms. The maximum Gasteiger partial charge on any atom is 0.338 e. The van der Waals surface area contributed by atoms with Crippen molar-refractivity contribution < 1.29 is 19.1 Å². The van der Waals surface area contributed by atoms with Crippen LogP contribution in [0.25, 0.3) is 0 Å². The Balaban J connectivity index is 1.57. The van der Waals surface area contributed by atoms with Crippen LogP contribution in [-0.2, 0) is 14.4 Å². The van der Waals surface area contributed by atoms with E-state index in [0.717, 1.165) is 6.42 Å². The Morgan fingerprint density at radius 1 is 1.08 bits per heavy atom. The lowest BCUT2D eigenvalue weighted by molar-refractivity contribution is -0.130. The second-order valence-electron chi connectivity index (χ2n) is 6.68. The molecular weight excluding hydrogens is 306 g/mol. The Hall–Kier alpha value is -2.69. The summed E-state index contributed by atoms with van der Waals surface area (Å²) in [5, 5.41) is 0. The Bertz CT molecular complexity index is 762. The zero-order valence-electron chi connectivity index (χ0n) is 13.3. The Labute approximate surface area is 139 Å². The van der Waals surface area contributed by atoms with Crippen LogP contribution < -0.4 is 9.64 Å². The maximum absolute atomic E-state index is 12.7. The predicted molar refractivity (Wildman–Crippen MR) is 87.1 cm³/mol. The standard InChI is InChI=1S/C19H17NO4/c1-10(2)19(23)24-14-7-5-13(6-8-14)20-17(21)15-11-3-4-12(9-11)16(15)18(20)22/h3-8,11-12,15-16H,1,9H2,2H3/t11-,12-,15-,16+/m1/s1. The maximum atomic E-state index is 12.7. The Kier molecular flexibility index (Phi) is 3.20. The van der Waals surface area contributed by atoms with Gasteiger partial charge in [0.1, 0.15) is 5.75 Å². The lowest BCUT2D eigenvalue weighted by Crippen LogP contribution is -2.32. The molecule has 24 heavy (non-hydrogen) atoms. The van der Waals surface area contributed by atoms with Gasteiger partial charge in [0.05, 0.1) is 17.5 Å². The minimum Gasteiger partial charge on any atom is -0.423 e. The molecule has 1 aromatic rings. The van der Waals surface area contributed by atoms with Crippen molar-refractivity contribution in [1.29, 1.82) is 0 Å². The van der Waals surface area contributed by atoms with Crippen LogP contribution in [0, 0.1) is 23.7 Å². The topological polar surface area (TPSA) is 63.7 Å². The van der Waals surface area contributed by atoms with E-state index in [-0.39, 0.29) is 35.5 Å². The van der Waals surface area contributed by atoms with Crippen molar-refractivity contribution in [2.75, 3.05) is 4.90 Å². The number of imide groups is 1. The van der Waals surface area contributed by atoms with E-state index in [0.29, 0.717) is 17.0 Å². The number of fused-ring (bicyclic) bond motifs is 5. The average Bonchev–Trinajstić information content (AvgIpc) is 3.22. The lowest BCUT2D eigenvalue weighted by Gasteiger charge is -2.17. The van der Waals surface area contributed by atoms with Crippen LogP contribution in [0.2, 0.25) is 0 Å². The highest BCUT2D eigenvalue weighted by Crippen LogP contribution is 2.53. The summed E-state index contributed by atoms with van der Waals surface area (Å²) in [4.78, 5) is 38.2. The van der Waals surface area contributed by atoms with Crippen LogP contribution in [0.3, 0.4) is 0 Å². The van der Waals surface area contributed by atoms with Gasteiger partial charge in [0.2, 0.25) is 11.8 Å². The van der Waals surface area contributed by atoms with Gasteiger partial charge in [-0.3, -0.25) is 14.5 Å². The second-order valence-corrected chi connectivity index (χ2v) is 6.68. The summed E-state index contributed by atoms with van der Waals surface area (Å²) < 4.78 is 5.13. The van der Waals surface area contributed by atoms with E-state index in [1.54, 1.807) is 31.2 Å². The van der Waals surface area contributed by atoms with Gasteiger partial charge >= 0.3 is 5.97 Å². The average molecular weight is 323 g/mol. The number of anilines is 1. The number of carbonyl (C=O) groups is 3. The van der Waals surface area contributed by atoms with Crippen molar-refractivity contribution in [3.8, 4) is 5.75 Å². The third kappa shape index (κ3) is 2.04. The van der Waals surface area contributed by atoms with Crippen molar-refractivity contribution in [2.45, 2.75) is 13.3 Å². The monoisotopic (exact) mass is 323 g/mol. The molecule has 1 aromatic carbocycles. The fourth-order valence-corrected chi connectivity index (χ4v) is 4.01. The molecule has 0 unspecified atom stereocenters. The van der Waals surface area contributed by atoms with Crippen molar-refractivity contribution in [3.05, 3.63) is 48.6 Å². The van der Waals surface area contributed by atoms with Gasteiger partial charge in [-0.1, -0.05) is 18.7 Å². The molecule has 1 heterocycles. The predicted octanol–water partition coefficient (Wildman–Crippen LogP) is 2.48. The fraction of sp³-hybridized carbons (Fsp3) is 0.316. The second kappa shape index (κ2) is 5.16. The summed E-state index contributed by atoms with van der Waals surface area (Å²) in [6.07, 6.45) is 5.05. The number of amides is 2. The van der Waals surface area contributed by atoms with E-state index < -0.39 is 5.97 Å². The van der Waals surface area contributed by atoms with Gasteiger partial charge < -0.3 is 4.74 Å². The normalized spacial score (nSPS) is 30.0. The Morgan fingerprint density at radius 2 is 1.62 bits per heavy atom. The van der Waals surface area contributed by atoms with Gasteiger partial charge in [-0.05, 0) is 49.4 Å². The molecule has 0 aromatic heterocycles. The number of benzene rings is 1. The number of hydrogen-bond acceptors (Lipinski definition) is 4. The number of allylic oxidation sites excluding steroid dienone is 2. The molecule has 5 heteroatoms. The smallest absolute Gasteiger partial charge is 0.338 e. The number of ether oxygens (including phenoxy) is 1. The summed E-state index contributed by atoms with van der Waals surface area (Å²) in [7, 11) is 0. The third-order valence-electron chi connectivity index (χ3n) is 5.12. The molecule has 4 atom stereocenters. The molecule has 2 amide bonds. The third-order valence-corrected chi connectivity index (χ3v) is 5.12. The van der Waals surface area contributed by atoms with Crippen LogP contribution in [-0.4, -0.2) is 17.8 Å². The SMILES string of the molecule is C=C(C)C(=O)Oc1ccc(N2C(=O)[C@@H]3[C@H](C2=O)[C@@H]2C=C[C@@H]3C2)cc1. The van der Waals surface area contributed by atoms with Gasteiger partial charge in [-0.25, -0.2) is 4.79 Å². The molecular formula is C19H17NO4. The van der Waals surface area contributed by atoms with E-state index in [2.05, 4.69) is 18.7 Å². The van der Waals surface area contributed by atoms with E-state index in [9.17, 15) is 14.4 Å². The van der Waals surface area contributed by atoms with E-state index in [1.807, 2.05) is 0 Å². The van der Waals surface area contributed by atoms with Gasteiger partial charge in [0.15, 0.2) is 0 Å². The van der Waals surface area contributed by atoms with Gasteiger partial charge in [0.25, 0.3) is 0 Å². The summed E-state index contributed by atoms with van der Waals surface area (Å²) >= 11 is 0. The number of carbonyl (C=O) groups excluding carboxylic acids is 3. The number of esters is 1. The minimum atomic E-state index is -0.506. The summed E-state index contributed by atoms with van der Waals surface area (Å²) in [5.74, 6) is -0.431. The van der Waals surface area contributed by atoms with E-state index >= 15 is 0 Å². The fourth-order valence-electron chi connectivity index (χ4n) is 4.01. The molecule has 2 bridgehead atoms. The van der Waals surface area contributed by atoms with Crippen LogP contribution in [0.15, 0.2) is 48.6 Å². The zero-order chi connectivity index (χ0) is 17.0. The first-order chi connectivity index (χ1) is 11.5. The molecule has 0 radical (unpaired) electrons. The van der Waals surface area contributed by atoms with E-state index in [4.69, 9.17) is 4.74 Å². The van der Waals surface area contributed by atoms with Gasteiger partial charge in [0, 0.05) is 5.57 Å². The molecule has 1 aliphatic heterocycles. The highest BCUT2D eigenvalue weighted by molar-refractivity contribution is 6.22. The van der Waals surface area contributed by atoms with Crippen LogP contribution in [0.5, 0.6) is 5.75 Å². The minimum absolute atomic E-state index is 0.117. The highest BCUT2D eigenvalue weighted by Gasteiger charge is 2.59. The number of rotatable bonds is 3. The molecule has 1 saturated heterocycles. The van der Waals surface area contributed by atoms with Crippen molar-refractivity contribution in [2.24, 2.45) is 23.7 Å². The van der Waals surface area contributed by atoms with Gasteiger partial charge in [-0.15, -0.1) is 0 Å². The first-order valence-corrected chi connectivity index (χ1v) is 8.01. The zero-order valence-corrected chi connectivity index (χ0v) is 13.3. The lowest BCUT2D eigenvalue weighted by atomic mass is 9.85. The van der Waals surface area contributed by atoms with Crippen molar-refractivity contribution in [1.82, 2.24) is 0 Å². The molecule has 2 fully saturated rings. The summed E-state index contributed by atoms with van der Waals surface area (Å²) in [5.41, 5.74) is 0.827. The molecule has 5 nitrogen and oxygen atoms in total. The van der Waals surface area contributed by atoms with E-state index in [1.165, 1.54) is 4.90 Å². The molecule has 3 aliphatic rings. The van der Waals surface area contributed by atoms with Crippen molar-refractivity contribution in [3.63, 3.8) is 0 Å². The van der Waals surface area contributed by atoms with Gasteiger partial charge in [-0.2, -0.15) is 0 Å². The first kappa shape index (κ1) is 14.9. The largest absolute Gasteiger partial charge is 0.423 e. The Morgan fingerprint density at radius 3 is 2.12 bits per heavy atom. The first-order valence-electron chi connectivity index (χ1n) is 8.01. The van der Waals surface area contributed by atoms with Crippen LogP contribution in [0.1, 0.15) is 13.3 Å². The number of hydrogen-bond donors (Lipinski definition) is 0. The molecule has 0 N–H and O–H groups in total. The molecule has 122 valence electrons. The molecule has 4 rings (SSSR count).